The molecular weight excluding hydrogens is 192 g/mol. The van der Waals surface area contributed by atoms with E-state index >= 15 is 0 Å². The van der Waals surface area contributed by atoms with Gasteiger partial charge in [0.05, 0.1) is 6.61 Å². The summed E-state index contributed by atoms with van der Waals surface area (Å²) in [5.74, 6) is -0.251. The van der Waals surface area contributed by atoms with E-state index in [0.29, 0.717) is 6.54 Å². The summed E-state index contributed by atoms with van der Waals surface area (Å²) < 4.78 is 0. The molecule has 0 spiro atoms. The van der Waals surface area contributed by atoms with Crippen molar-refractivity contribution in [2.45, 2.75) is 0 Å². The van der Waals surface area contributed by atoms with Crippen molar-refractivity contribution in [1.29, 1.82) is 0 Å². The van der Waals surface area contributed by atoms with Gasteiger partial charge < -0.3 is 15.3 Å². The van der Waals surface area contributed by atoms with Crippen LogP contribution in [0.15, 0.2) is 12.7 Å². The number of halogens is 1. The fourth-order valence-electron chi connectivity index (χ4n) is 0.251. The van der Waals surface area contributed by atoms with Gasteiger partial charge in [-0.1, -0.05) is 6.58 Å². The SMILES string of the molecule is C=CC(=O)NCCO.CN(C)C.Cl. The summed E-state index contributed by atoms with van der Waals surface area (Å²) >= 11 is 0. The first-order valence-corrected chi connectivity index (χ1v) is 3.66. The number of aliphatic hydroxyl groups is 1. The van der Waals surface area contributed by atoms with Crippen LogP contribution in [0.4, 0.5) is 0 Å². The minimum Gasteiger partial charge on any atom is -0.395 e. The fraction of sp³-hybridized carbons (Fsp3) is 0.625. The van der Waals surface area contributed by atoms with Gasteiger partial charge in [0, 0.05) is 6.54 Å². The Morgan fingerprint density at radius 1 is 1.54 bits per heavy atom. The molecule has 0 aliphatic heterocycles. The topological polar surface area (TPSA) is 52.6 Å². The van der Waals surface area contributed by atoms with Crippen molar-refractivity contribution >= 4 is 18.3 Å². The van der Waals surface area contributed by atoms with Gasteiger partial charge >= 0.3 is 0 Å². The van der Waals surface area contributed by atoms with E-state index in [9.17, 15) is 4.79 Å². The molecule has 0 saturated carbocycles. The molecule has 0 atom stereocenters. The van der Waals surface area contributed by atoms with Gasteiger partial charge in [-0.15, -0.1) is 12.4 Å². The van der Waals surface area contributed by atoms with Gasteiger partial charge in [0.15, 0.2) is 0 Å². The van der Waals surface area contributed by atoms with Crippen LogP contribution in [0.3, 0.4) is 0 Å². The molecule has 0 aromatic heterocycles. The molecule has 5 heteroatoms. The molecule has 80 valence electrons. The van der Waals surface area contributed by atoms with E-state index in [1.165, 1.54) is 0 Å². The molecule has 4 nitrogen and oxygen atoms in total. The standard InChI is InChI=1S/C5H9NO2.C3H9N.ClH/c1-2-5(8)6-3-4-7;1-4(2)3;/h2,7H,1,3-4H2,(H,6,8);1-3H3;1H. The zero-order valence-corrected chi connectivity index (χ0v) is 9.23. The molecule has 0 saturated heterocycles. The highest BCUT2D eigenvalue weighted by Gasteiger charge is 1.87. The van der Waals surface area contributed by atoms with Gasteiger partial charge in [-0.05, 0) is 27.2 Å². The average molecular weight is 211 g/mol. The largest absolute Gasteiger partial charge is 0.395 e. The first-order chi connectivity index (χ1) is 5.54. The second kappa shape index (κ2) is 14.0. The van der Waals surface area contributed by atoms with Crippen LogP contribution >= 0.6 is 12.4 Å². The van der Waals surface area contributed by atoms with E-state index in [4.69, 9.17) is 5.11 Å². The highest BCUT2D eigenvalue weighted by Crippen LogP contribution is 1.62. The molecule has 0 unspecified atom stereocenters. The van der Waals surface area contributed by atoms with Crippen molar-refractivity contribution < 1.29 is 9.90 Å². The quantitative estimate of drug-likeness (QED) is 0.639. The van der Waals surface area contributed by atoms with E-state index in [1.807, 2.05) is 26.0 Å². The van der Waals surface area contributed by atoms with Crippen molar-refractivity contribution in [1.82, 2.24) is 10.2 Å². The smallest absolute Gasteiger partial charge is 0.243 e. The summed E-state index contributed by atoms with van der Waals surface area (Å²) in [6.07, 6.45) is 1.16. The van der Waals surface area contributed by atoms with E-state index in [1.54, 1.807) is 0 Å². The molecule has 0 fully saturated rings. The summed E-state index contributed by atoms with van der Waals surface area (Å²) in [5.41, 5.74) is 0. The first-order valence-electron chi connectivity index (χ1n) is 3.66. The summed E-state index contributed by atoms with van der Waals surface area (Å²) in [4.78, 5) is 12.2. The Kier molecular flexibility index (Phi) is 19.6. The summed E-state index contributed by atoms with van der Waals surface area (Å²) in [7, 11) is 6.00. The van der Waals surface area contributed by atoms with Gasteiger partial charge in [-0.2, -0.15) is 0 Å². The number of rotatable bonds is 3. The van der Waals surface area contributed by atoms with Gasteiger partial charge in [-0.3, -0.25) is 4.79 Å². The van der Waals surface area contributed by atoms with E-state index in [-0.39, 0.29) is 24.9 Å². The molecule has 0 aliphatic rings. The predicted molar refractivity (Wildman–Crippen MR) is 57.2 cm³/mol. The summed E-state index contributed by atoms with van der Waals surface area (Å²) in [6.45, 7) is 3.49. The highest BCUT2D eigenvalue weighted by atomic mass is 35.5. The third kappa shape index (κ3) is 34.5. The van der Waals surface area contributed by atoms with Crippen molar-refractivity contribution in [2.24, 2.45) is 0 Å². The number of carbonyl (C=O) groups is 1. The maximum Gasteiger partial charge on any atom is 0.243 e. The van der Waals surface area contributed by atoms with Gasteiger partial charge in [0.25, 0.3) is 0 Å². The van der Waals surface area contributed by atoms with Crippen LogP contribution in [0.1, 0.15) is 0 Å². The molecule has 1 amide bonds. The van der Waals surface area contributed by atoms with E-state index in [2.05, 4.69) is 11.9 Å². The number of nitrogens with zero attached hydrogens (tertiary/aromatic N) is 1. The molecule has 0 heterocycles. The highest BCUT2D eigenvalue weighted by molar-refractivity contribution is 5.86. The van der Waals surface area contributed by atoms with Crippen LogP contribution in [0.25, 0.3) is 0 Å². The lowest BCUT2D eigenvalue weighted by atomic mass is 10.5. The third-order valence-corrected chi connectivity index (χ3v) is 0.596. The van der Waals surface area contributed by atoms with Crippen molar-refractivity contribution in [3.63, 3.8) is 0 Å². The second-order valence-corrected chi connectivity index (χ2v) is 2.56. The first kappa shape index (κ1) is 18.3. The van der Waals surface area contributed by atoms with Gasteiger partial charge in [-0.25, -0.2) is 0 Å². The molecule has 13 heavy (non-hydrogen) atoms. The van der Waals surface area contributed by atoms with Crippen LogP contribution in [0.2, 0.25) is 0 Å². The van der Waals surface area contributed by atoms with Gasteiger partial charge in [0.2, 0.25) is 5.91 Å². The Bertz CT molecular complexity index is 127. The van der Waals surface area contributed by atoms with E-state index < -0.39 is 0 Å². The molecule has 2 N–H and O–H groups in total. The van der Waals surface area contributed by atoms with Crippen LogP contribution in [-0.4, -0.2) is 50.2 Å². The Labute approximate surface area is 86.0 Å². The zero-order valence-electron chi connectivity index (χ0n) is 8.41. The summed E-state index contributed by atoms with van der Waals surface area (Å²) in [6, 6.07) is 0. The van der Waals surface area contributed by atoms with Gasteiger partial charge in [0.1, 0.15) is 0 Å². The number of aliphatic hydroxyl groups excluding tert-OH is 1. The minimum atomic E-state index is -0.251. The maximum absolute atomic E-state index is 10.2. The van der Waals surface area contributed by atoms with Crippen LogP contribution in [-0.2, 0) is 4.79 Å². The van der Waals surface area contributed by atoms with E-state index in [0.717, 1.165) is 6.08 Å². The number of nitrogens with one attached hydrogen (secondary N) is 1. The van der Waals surface area contributed by atoms with Crippen LogP contribution in [0, 0.1) is 0 Å². The Hall–Kier alpha value is -0.580. The van der Waals surface area contributed by atoms with Crippen LogP contribution < -0.4 is 5.32 Å². The Balaban J connectivity index is -0.000000173. The van der Waals surface area contributed by atoms with Crippen molar-refractivity contribution in [2.75, 3.05) is 34.3 Å². The maximum atomic E-state index is 10.2. The molecular formula is C8H19ClN2O2. The monoisotopic (exact) mass is 210 g/mol. The Morgan fingerprint density at radius 3 is 2.15 bits per heavy atom. The number of carbonyl (C=O) groups excluding carboxylic acids is 1. The molecule has 0 rings (SSSR count). The molecule has 0 aliphatic carbocycles. The van der Waals surface area contributed by atoms with Crippen LogP contribution in [0.5, 0.6) is 0 Å². The Morgan fingerprint density at radius 2 is 1.92 bits per heavy atom. The molecule has 0 radical (unpaired) electrons. The fourth-order valence-corrected chi connectivity index (χ4v) is 0.251. The third-order valence-electron chi connectivity index (χ3n) is 0.596. The van der Waals surface area contributed by atoms with Crippen molar-refractivity contribution in [3.05, 3.63) is 12.7 Å². The predicted octanol–water partition coefficient (Wildman–Crippen LogP) is -0.120. The zero-order chi connectivity index (χ0) is 9.98. The molecule has 0 aromatic carbocycles. The minimum absolute atomic E-state index is 0. The lowest BCUT2D eigenvalue weighted by molar-refractivity contribution is -0.116. The van der Waals surface area contributed by atoms with Crippen molar-refractivity contribution in [3.8, 4) is 0 Å². The average Bonchev–Trinajstić information content (AvgIpc) is 1.99. The lowest BCUT2D eigenvalue weighted by Crippen LogP contribution is -2.23. The lowest BCUT2D eigenvalue weighted by Gasteiger charge is -1.94. The number of hydrogen-bond acceptors (Lipinski definition) is 3. The summed E-state index contributed by atoms with van der Waals surface area (Å²) in [5, 5.41) is 10.5. The normalized spacial score (nSPS) is 7.77. The molecule has 0 bridgehead atoms. The number of amides is 1. The molecule has 0 aromatic rings. The number of hydrogen-bond donors (Lipinski definition) is 2. The second-order valence-electron chi connectivity index (χ2n) is 2.56.